The van der Waals surface area contributed by atoms with Crippen molar-refractivity contribution in [2.24, 2.45) is 5.92 Å². The van der Waals surface area contributed by atoms with Crippen LogP contribution in [0.5, 0.6) is 0 Å². The topological polar surface area (TPSA) is 40.5 Å². The first-order chi connectivity index (χ1) is 11.0. The molecule has 1 fully saturated rings. The molecule has 3 nitrogen and oxygen atoms in total. The lowest BCUT2D eigenvalue weighted by Crippen LogP contribution is -2.46. The van der Waals surface area contributed by atoms with Gasteiger partial charge in [-0.1, -0.05) is 12.1 Å². The Kier molecular flexibility index (Phi) is 3.41. The smallest absolute Gasteiger partial charge is 0.206 e. The minimum atomic E-state index is -1.28. The van der Waals surface area contributed by atoms with E-state index >= 15 is 0 Å². The number of carbonyl (C=O) groups excluding carboxylic acids is 1. The molecule has 0 saturated carbocycles. The van der Waals surface area contributed by atoms with Crippen molar-refractivity contribution in [3.05, 3.63) is 57.0 Å². The highest BCUT2D eigenvalue weighted by Gasteiger charge is 2.49. The summed E-state index contributed by atoms with van der Waals surface area (Å²) in [6, 6.07) is 6.41. The van der Waals surface area contributed by atoms with Gasteiger partial charge in [-0.05, 0) is 56.4 Å². The molecule has 120 valence electrons. The van der Waals surface area contributed by atoms with Gasteiger partial charge in [-0.15, -0.1) is 11.3 Å². The van der Waals surface area contributed by atoms with E-state index in [0.717, 1.165) is 25.9 Å². The number of ketones is 1. The molecule has 1 aromatic carbocycles. The predicted molar refractivity (Wildman–Crippen MR) is 87.4 cm³/mol. The van der Waals surface area contributed by atoms with Crippen LogP contribution in [0.2, 0.25) is 0 Å². The third kappa shape index (κ3) is 2.04. The number of fused-ring (bicyclic) bond motifs is 2. The Labute approximate surface area is 138 Å². The van der Waals surface area contributed by atoms with Crippen LogP contribution in [0.4, 0.5) is 4.39 Å². The van der Waals surface area contributed by atoms with Crippen molar-refractivity contribution < 1.29 is 14.3 Å². The largest absolute Gasteiger partial charge is 0.380 e. The molecule has 1 aliphatic heterocycles. The second kappa shape index (κ2) is 5.23. The zero-order chi connectivity index (χ0) is 16.2. The Hall–Kier alpha value is -1.56. The van der Waals surface area contributed by atoms with Gasteiger partial charge in [0.2, 0.25) is 5.78 Å². The van der Waals surface area contributed by atoms with Gasteiger partial charge in [0.05, 0.1) is 10.4 Å². The standard InChI is InChI=1S/C18H18FNO2S/c1-20-8-5-11(6-9-20)18(22)12-3-2-4-14(19)15(12)16(21)17-13(18)7-10-23-17/h2-4,7,10-11,22H,5-6,8-9H2,1H3. The summed E-state index contributed by atoms with van der Waals surface area (Å²) in [6.45, 7) is 1.79. The SMILES string of the molecule is CN1CCC(C2(O)c3ccsc3C(=O)c3c(F)cccc32)CC1. The number of likely N-dealkylation sites (tertiary alicyclic amines) is 1. The van der Waals surface area contributed by atoms with E-state index in [0.29, 0.717) is 16.0 Å². The number of carbonyl (C=O) groups is 1. The van der Waals surface area contributed by atoms with E-state index in [1.165, 1.54) is 17.4 Å². The second-order valence-electron chi connectivity index (χ2n) is 6.50. The molecular formula is C18H18FNO2S. The third-order valence-corrected chi connectivity index (χ3v) is 6.16. The Morgan fingerprint density at radius 2 is 2.00 bits per heavy atom. The van der Waals surface area contributed by atoms with Crippen molar-refractivity contribution in [3.8, 4) is 0 Å². The summed E-state index contributed by atoms with van der Waals surface area (Å²) in [6.07, 6.45) is 1.65. The first-order valence-electron chi connectivity index (χ1n) is 7.86. The van der Waals surface area contributed by atoms with Crippen LogP contribution < -0.4 is 0 Å². The zero-order valence-electron chi connectivity index (χ0n) is 12.9. The van der Waals surface area contributed by atoms with Gasteiger partial charge in [0.25, 0.3) is 0 Å². The maximum Gasteiger partial charge on any atom is 0.206 e. The molecule has 1 unspecified atom stereocenters. The average molecular weight is 331 g/mol. The zero-order valence-corrected chi connectivity index (χ0v) is 13.7. The highest BCUT2D eigenvalue weighted by Crippen LogP contribution is 2.49. The fourth-order valence-electron chi connectivity index (χ4n) is 3.98. The maximum atomic E-state index is 14.4. The molecule has 1 N–H and O–H groups in total. The lowest BCUT2D eigenvalue weighted by molar-refractivity contribution is -0.0131. The number of thiophene rings is 1. The number of hydrogen-bond acceptors (Lipinski definition) is 4. The Balaban J connectivity index is 1.93. The summed E-state index contributed by atoms with van der Waals surface area (Å²) < 4.78 is 14.4. The monoisotopic (exact) mass is 331 g/mol. The molecule has 4 rings (SSSR count). The number of rotatable bonds is 1. The first kappa shape index (κ1) is 15.0. The van der Waals surface area contributed by atoms with Crippen LogP contribution in [0.1, 0.15) is 39.2 Å². The van der Waals surface area contributed by atoms with E-state index in [-0.39, 0.29) is 17.3 Å². The Bertz CT molecular complexity index is 779. The minimum absolute atomic E-state index is 0.0132. The molecule has 1 saturated heterocycles. The lowest BCUT2D eigenvalue weighted by atomic mass is 9.67. The molecule has 0 spiro atoms. The van der Waals surface area contributed by atoms with E-state index < -0.39 is 11.4 Å². The summed E-state index contributed by atoms with van der Waals surface area (Å²) in [5, 5.41) is 13.5. The molecule has 23 heavy (non-hydrogen) atoms. The fraction of sp³-hybridized carbons (Fsp3) is 0.389. The van der Waals surface area contributed by atoms with E-state index in [1.54, 1.807) is 12.1 Å². The highest BCUT2D eigenvalue weighted by molar-refractivity contribution is 7.12. The minimum Gasteiger partial charge on any atom is -0.380 e. The number of benzene rings is 1. The van der Waals surface area contributed by atoms with Gasteiger partial charge in [-0.25, -0.2) is 4.39 Å². The number of hydrogen-bond donors (Lipinski definition) is 1. The molecule has 2 aromatic rings. The van der Waals surface area contributed by atoms with Crippen LogP contribution in [-0.4, -0.2) is 35.9 Å². The maximum absolute atomic E-state index is 14.4. The van der Waals surface area contributed by atoms with Crippen LogP contribution in [0.3, 0.4) is 0 Å². The molecule has 2 aliphatic rings. The Morgan fingerprint density at radius 3 is 2.74 bits per heavy atom. The molecule has 1 atom stereocenters. The van der Waals surface area contributed by atoms with Crippen molar-refractivity contribution in [3.63, 3.8) is 0 Å². The van der Waals surface area contributed by atoms with E-state index in [4.69, 9.17) is 0 Å². The van der Waals surface area contributed by atoms with Crippen LogP contribution in [0, 0.1) is 11.7 Å². The molecule has 0 bridgehead atoms. The number of aliphatic hydroxyl groups is 1. The van der Waals surface area contributed by atoms with E-state index in [9.17, 15) is 14.3 Å². The molecule has 2 heterocycles. The lowest BCUT2D eigenvalue weighted by Gasteiger charge is -2.43. The van der Waals surface area contributed by atoms with Crippen molar-refractivity contribution >= 4 is 17.1 Å². The summed E-state index contributed by atoms with van der Waals surface area (Å²) >= 11 is 1.29. The molecular weight excluding hydrogens is 313 g/mol. The molecule has 0 radical (unpaired) electrons. The van der Waals surface area contributed by atoms with Gasteiger partial charge in [-0.2, -0.15) is 0 Å². The molecule has 1 aromatic heterocycles. The van der Waals surface area contributed by atoms with E-state index in [2.05, 4.69) is 11.9 Å². The molecule has 5 heteroatoms. The van der Waals surface area contributed by atoms with Crippen molar-refractivity contribution in [1.29, 1.82) is 0 Å². The predicted octanol–water partition coefficient (Wildman–Crippen LogP) is 3.01. The van der Waals surface area contributed by atoms with Gasteiger partial charge < -0.3 is 10.0 Å². The van der Waals surface area contributed by atoms with Gasteiger partial charge in [0, 0.05) is 11.1 Å². The van der Waals surface area contributed by atoms with Crippen LogP contribution >= 0.6 is 11.3 Å². The quantitative estimate of drug-likeness (QED) is 0.873. The van der Waals surface area contributed by atoms with Crippen LogP contribution in [0.25, 0.3) is 0 Å². The van der Waals surface area contributed by atoms with Crippen LogP contribution in [0.15, 0.2) is 29.6 Å². The molecule has 0 amide bonds. The second-order valence-corrected chi connectivity index (χ2v) is 7.41. The summed E-state index contributed by atoms with van der Waals surface area (Å²) in [4.78, 5) is 15.4. The normalized spacial score (nSPS) is 25.3. The summed E-state index contributed by atoms with van der Waals surface area (Å²) in [5.41, 5.74) is -0.144. The average Bonchev–Trinajstić information content (AvgIpc) is 3.04. The van der Waals surface area contributed by atoms with Crippen molar-refractivity contribution in [2.75, 3.05) is 20.1 Å². The van der Waals surface area contributed by atoms with Crippen molar-refractivity contribution in [2.45, 2.75) is 18.4 Å². The van der Waals surface area contributed by atoms with Gasteiger partial charge in [-0.3, -0.25) is 4.79 Å². The van der Waals surface area contributed by atoms with E-state index in [1.807, 2.05) is 11.4 Å². The van der Waals surface area contributed by atoms with Crippen LogP contribution in [-0.2, 0) is 5.60 Å². The van der Waals surface area contributed by atoms with Gasteiger partial charge >= 0.3 is 0 Å². The van der Waals surface area contributed by atoms with Gasteiger partial charge in [0.15, 0.2) is 0 Å². The first-order valence-corrected chi connectivity index (χ1v) is 8.74. The number of halogens is 1. The number of nitrogens with zero attached hydrogens (tertiary/aromatic N) is 1. The van der Waals surface area contributed by atoms with Crippen molar-refractivity contribution in [1.82, 2.24) is 4.90 Å². The summed E-state index contributed by atoms with van der Waals surface area (Å²) in [5.74, 6) is -0.862. The van der Waals surface area contributed by atoms with Gasteiger partial charge in [0.1, 0.15) is 11.4 Å². The fourth-order valence-corrected chi connectivity index (χ4v) is 4.88. The Morgan fingerprint density at radius 1 is 1.26 bits per heavy atom. The third-order valence-electron chi connectivity index (χ3n) is 5.24. The number of piperidine rings is 1. The summed E-state index contributed by atoms with van der Waals surface area (Å²) in [7, 11) is 2.06. The molecule has 1 aliphatic carbocycles. The highest BCUT2D eigenvalue weighted by atomic mass is 32.1.